The van der Waals surface area contributed by atoms with Crippen LogP contribution in [-0.4, -0.2) is 4.98 Å². The number of hydrogen-bond acceptors (Lipinski definition) is 2. The number of benzene rings is 1. The van der Waals surface area contributed by atoms with Crippen molar-refractivity contribution in [2.24, 2.45) is 0 Å². The van der Waals surface area contributed by atoms with E-state index in [1.165, 1.54) is 12.3 Å². The molecule has 0 radical (unpaired) electrons. The smallest absolute Gasteiger partial charge is 0.214 e. The molecule has 16 heavy (non-hydrogen) atoms. The van der Waals surface area contributed by atoms with Gasteiger partial charge in [0, 0.05) is 29.5 Å². The number of anilines is 1. The SMILES string of the molecule is Fc1cc(NCc2cccc(Cl)c2)ccn1. The zero-order valence-electron chi connectivity index (χ0n) is 8.45. The van der Waals surface area contributed by atoms with Crippen molar-refractivity contribution in [1.29, 1.82) is 0 Å². The summed E-state index contributed by atoms with van der Waals surface area (Å²) < 4.78 is 12.8. The van der Waals surface area contributed by atoms with Crippen LogP contribution in [0.3, 0.4) is 0 Å². The van der Waals surface area contributed by atoms with Gasteiger partial charge in [-0.05, 0) is 23.8 Å². The Balaban J connectivity index is 2.02. The summed E-state index contributed by atoms with van der Waals surface area (Å²) in [6.45, 7) is 0.601. The molecule has 1 heterocycles. The van der Waals surface area contributed by atoms with Crippen LogP contribution in [0.25, 0.3) is 0 Å². The van der Waals surface area contributed by atoms with Crippen LogP contribution in [0.1, 0.15) is 5.56 Å². The third-order valence-electron chi connectivity index (χ3n) is 2.11. The van der Waals surface area contributed by atoms with Crippen LogP contribution < -0.4 is 5.32 Å². The maximum Gasteiger partial charge on any atom is 0.214 e. The lowest BCUT2D eigenvalue weighted by atomic mass is 10.2. The first-order chi connectivity index (χ1) is 7.74. The van der Waals surface area contributed by atoms with E-state index >= 15 is 0 Å². The van der Waals surface area contributed by atoms with Crippen LogP contribution in [-0.2, 0) is 6.54 Å². The number of pyridine rings is 1. The molecule has 0 bridgehead atoms. The van der Waals surface area contributed by atoms with E-state index in [4.69, 9.17) is 11.6 Å². The van der Waals surface area contributed by atoms with E-state index in [1.807, 2.05) is 24.3 Å². The van der Waals surface area contributed by atoms with Gasteiger partial charge in [0.25, 0.3) is 0 Å². The number of halogens is 2. The molecule has 1 aromatic carbocycles. The summed E-state index contributed by atoms with van der Waals surface area (Å²) in [5, 5.41) is 3.78. The first kappa shape index (κ1) is 10.9. The second kappa shape index (κ2) is 4.94. The molecule has 2 rings (SSSR count). The topological polar surface area (TPSA) is 24.9 Å². The van der Waals surface area contributed by atoms with Gasteiger partial charge < -0.3 is 5.32 Å². The predicted octanol–water partition coefficient (Wildman–Crippen LogP) is 3.49. The summed E-state index contributed by atoms with van der Waals surface area (Å²) in [4.78, 5) is 3.48. The molecule has 0 saturated heterocycles. The molecular weight excluding hydrogens is 227 g/mol. The third kappa shape index (κ3) is 2.94. The van der Waals surface area contributed by atoms with Crippen molar-refractivity contribution in [3.05, 3.63) is 59.1 Å². The average Bonchev–Trinajstić information content (AvgIpc) is 2.27. The highest BCUT2D eigenvalue weighted by Gasteiger charge is 1.97. The summed E-state index contributed by atoms with van der Waals surface area (Å²) in [6, 6.07) is 10.6. The molecule has 0 amide bonds. The van der Waals surface area contributed by atoms with E-state index in [9.17, 15) is 4.39 Å². The summed E-state index contributed by atoms with van der Waals surface area (Å²) in [5.41, 5.74) is 1.75. The van der Waals surface area contributed by atoms with Gasteiger partial charge in [0.05, 0.1) is 0 Å². The molecular formula is C12H10ClFN2. The Bertz CT molecular complexity index is 442. The molecule has 0 atom stereocenters. The van der Waals surface area contributed by atoms with Crippen molar-refractivity contribution in [3.8, 4) is 0 Å². The Hall–Kier alpha value is -1.61. The molecule has 82 valence electrons. The van der Waals surface area contributed by atoms with E-state index in [1.54, 1.807) is 6.07 Å². The monoisotopic (exact) mass is 236 g/mol. The highest BCUT2D eigenvalue weighted by molar-refractivity contribution is 6.30. The molecule has 2 aromatic rings. The van der Waals surface area contributed by atoms with E-state index < -0.39 is 5.95 Å². The molecule has 0 aliphatic rings. The number of rotatable bonds is 3. The van der Waals surface area contributed by atoms with Crippen molar-refractivity contribution in [1.82, 2.24) is 4.98 Å². The van der Waals surface area contributed by atoms with Crippen molar-refractivity contribution in [2.45, 2.75) is 6.54 Å². The van der Waals surface area contributed by atoms with Crippen molar-refractivity contribution in [2.75, 3.05) is 5.32 Å². The molecule has 1 N–H and O–H groups in total. The van der Waals surface area contributed by atoms with Gasteiger partial charge in [0.15, 0.2) is 0 Å². The van der Waals surface area contributed by atoms with Crippen molar-refractivity contribution >= 4 is 17.3 Å². The van der Waals surface area contributed by atoms with Crippen LogP contribution in [0.5, 0.6) is 0 Å². The summed E-state index contributed by atoms with van der Waals surface area (Å²) in [5.74, 6) is -0.490. The van der Waals surface area contributed by atoms with E-state index in [2.05, 4.69) is 10.3 Å². The number of hydrogen-bond donors (Lipinski definition) is 1. The third-order valence-corrected chi connectivity index (χ3v) is 2.35. The van der Waals surface area contributed by atoms with Gasteiger partial charge in [-0.3, -0.25) is 0 Å². The second-order valence-electron chi connectivity index (χ2n) is 3.35. The van der Waals surface area contributed by atoms with Gasteiger partial charge in [-0.25, -0.2) is 4.98 Å². The molecule has 0 aliphatic heterocycles. The van der Waals surface area contributed by atoms with Gasteiger partial charge in [0.2, 0.25) is 5.95 Å². The van der Waals surface area contributed by atoms with E-state index in [-0.39, 0.29) is 0 Å². The zero-order chi connectivity index (χ0) is 11.4. The molecule has 0 unspecified atom stereocenters. The largest absolute Gasteiger partial charge is 0.381 e. The van der Waals surface area contributed by atoms with Crippen LogP contribution in [0, 0.1) is 5.95 Å². The van der Waals surface area contributed by atoms with Crippen molar-refractivity contribution < 1.29 is 4.39 Å². The van der Waals surface area contributed by atoms with Gasteiger partial charge in [0.1, 0.15) is 0 Å². The van der Waals surface area contributed by atoms with Gasteiger partial charge in [-0.2, -0.15) is 4.39 Å². The highest BCUT2D eigenvalue weighted by Crippen LogP contribution is 2.13. The minimum Gasteiger partial charge on any atom is -0.381 e. The molecule has 4 heteroatoms. The molecule has 0 spiro atoms. The Morgan fingerprint density at radius 2 is 2.12 bits per heavy atom. The molecule has 2 nitrogen and oxygen atoms in total. The van der Waals surface area contributed by atoms with Crippen LogP contribution in [0.2, 0.25) is 5.02 Å². The lowest BCUT2D eigenvalue weighted by Gasteiger charge is -2.06. The van der Waals surface area contributed by atoms with Gasteiger partial charge >= 0.3 is 0 Å². The summed E-state index contributed by atoms with van der Waals surface area (Å²) in [6.07, 6.45) is 1.43. The second-order valence-corrected chi connectivity index (χ2v) is 3.79. The maximum atomic E-state index is 12.8. The maximum absolute atomic E-state index is 12.8. The van der Waals surface area contributed by atoms with Crippen LogP contribution in [0.4, 0.5) is 10.1 Å². The molecule has 0 aliphatic carbocycles. The first-order valence-electron chi connectivity index (χ1n) is 4.84. The number of nitrogens with one attached hydrogen (secondary N) is 1. The molecule has 1 aromatic heterocycles. The normalized spacial score (nSPS) is 10.1. The fourth-order valence-corrected chi connectivity index (χ4v) is 1.58. The van der Waals surface area contributed by atoms with E-state index in [0.29, 0.717) is 17.3 Å². The fraction of sp³-hybridized carbons (Fsp3) is 0.0833. The van der Waals surface area contributed by atoms with Crippen LogP contribution >= 0.6 is 11.6 Å². The Labute approximate surface area is 98.1 Å². The molecule has 0 fully saturated rings. The van der Waals surface area contributed by atoms with Crippen molar-refractivity contribution in [3.63, 3.8) is 0 Å². The van der Waals surface area contributed by atoms with Gasteiger partial charge in [-0.1, -0.05) is 23.7 Å². The predicted molar refractivity (Wildman–Crippen MR) is 63.0 cm³/mol. The number of aromatic nitrogens is 1. The summed E-state index contributed by atoms with van der Waals surface area (Å²) in [7, 11) is 0. The van der Waals surface area contributed by atoms with Crippen LogP contribution in [0.15, 0.2) is 42.6 Å². The Kier molecular flexibility index (Phi) is 3.37. The van der Waals surface area contributed by atoms with Gasteiger partial charge in [-0.15, -0.1) is 0 Å². The highest BCUT2D eigenvalue weighted by atomic mass is 35.5. The first-order valence-corrected chi connectivity index (χ1v) is 5.22. The average molecular weight is 237 g/mol. The zero-order valence-corrected chi connectivity index (χ0v) is 9.21. The fourth-order valence-electron chi connectivity index (χ4n) is 1.36. The standard InChI is InChI=1S/C12H10ClFN2/c13-10-3-1-2-9(6-10)8-16-11-4-5-15-12(14)7-11/h1-7H,8H2,(H,15,16). The van der Waals surface area contributed by atoms with E-state index in [0.717, 1.165) is 5.56 Å². The minimum absolute atomic E-state index is 0.490. The summed E-state index contributed by atoms with van der Waals surface area (Å²) >= 11 is 5.85. The Morgan fingerprint density at radius 3 is 2.88 bits per heavy atom. The molecule has 0 saturated carbocycles. The lowest BCUT2D eigenvalue weighted by Crippen LogP contribution is -1.99. The number of nitrogens with zero attached hydrogens (tertiary/aromatic N) is 1. The quantitative estimate of drug-likeness (QED) is 0.826. The Morgan fingerprint density at radius 1 is 1.25 bits per heavy atom. The lowest BCUT2D eigenvalue weighted by molar-refractivity contribution is 0.584. The minimum atomic E-state index is -0.490.